The maximum atomic E-state index is 12.6. The van der Waals surface area contributed by atoms with Gasteiger partial charge in [-0.05, 0) is 31.2 Å². The van der Waals surface area contributed by atoms with Crippen LogP contribution in [0.25, 0.3) is 0 Å². The third kappa shape index (κ3) is 5.82. The molecule has 1 fully saturated rings. The third-order valence-corrected chi connectivity index (χ3v) is 4.94. The van der Waals surface area contributed by atoms with Crippen LogP contribution in [0.1, 0.15) is 17.3 Å². The number of piperazine rings is 1. The van der Waals surface area contributed by atoms with E-state index in [-0.39, 0.29) is 18.4 Å². The molecule has 154 valence electrons. The number of pyridine rings is 1. The highest BCUT2D eigenvalue weighted by molar-refractivity contribution is 6.31. The Morgan fingerprint density at radius 3 is 2.59 bits per heavy atom. The normalized spacial score (nSPS) is 14.5. The summed E-state index contributed by atoms with van der Waals surface area (Å²) in [6.07, 6.45) is 1.55. The molecule has 1 aromatic heterocycles. The molecule has 2 aromatic rings. The summed E-state index contributed by atoms with van der Waals surface area (Å²) in [7, 11) is 0. The van der Waals surface area contributed by atoms with E-state index in [4.69, 9.17) is 27.9 Å². The molecule has 0 unspecified atom stereocenters. The van der Waals surface area contributed by atoms with Gasteiger partial charge in [0.1, 0.15) is 0 Å². The topological polar surface area (TPSA) is 74.8 Å². The van der Waals surface area contributed by atoms with E-state index >= 15 is 0 Å². The van der Waals surface area contributed by atoms with E-state index in [1.165, 1.54) is 0 Å². The molecule has 1 aliphatic heterocycles. The molecule has 2 heterocycles. The molecule has 1 aromatic carbocycles. The lowest BCUT2D eigenvalue weighted by Crippen LogP contribution is -2.48. The second kappa shape index (κ2) is 9.91. The first kappa shape index (κ1) is 21.4. The van der Waals surface area contributed by atoms with E-state index in [0.717, 1.165) is 0 Å². The Balaban J connectivity index is 1.69. The zero-order valence-electron chi connectivity index (χ0n) is 16.0. The standard InChI is InChI=1S/C20H22Cl2N4O3/c1-2-29-18(27)13-25-6-8-26(9-7-25)19-17(11-16(22)12-23-19)24-20(28)14-4-3-5-15(21)10-14/h3-5,10-12H,2,6-9,13H2,1H3,(H,24,28). The van der Waals surface area contributed by atoms with Crippen LogP contribution in [0.3, 0.4) is 0 Å². The summed E-state index contributed by atoms with van der Waals surface area (Å²) in [6, 6.07) is 8.39. The van der Waals surface area contributed by atoms with Gasteiger partial charge in [-0.25, -0.2) is 4.98 Å². The molecule has 1 N–H and O–H groups in total. The van der Waals surface area contributed by atoms with Crippen LogP contribution in [-0.2, 0) is 9.53 Å². The molecule has 1 amide bonds. The summed E-state index contributed by atoms with van der Waals surface area (Å²) >= 11 is 12.1. The monoisotopic (exact) mass is 436 g/mol. The fourth-order valence-electron chi connectivity index (χ4n) is 3.11. The van der Waals surface area contributed by atoms with Crippen molar-refractivity contribution in [2.75, 3.05) is 49.5 Å². The number of rotatable bonds is 6. The predicted molar refractivity (Wildman–Crippen MR) is 114 cm³/mol. The number of aromatic nitrogens is 1. The molecule has 0 aliphatic carbocycles. The van der Waals surface area contributed by atoms with Crippen molar-refractivity contribution in [1.29, 1.82) is 0 Å². The minimum Gasteiger partial charge on any atom is -0.465 e. The van der Waals surface area contributed by atoms with E-state index in [1.807, 2.05) is 4.90 Å². The van der Waals surface area contributed by atoms with E-state index in [9.17, 15) is 9.59 Å². The van der Waals surface area contributed by atoms with Gasteiger partial charge in [0, 0.05) is 43.0 Å². The van der Waals surface area contributed by atoms with Crippen LogP contribution in [0.2, 0.25) is 10.0 Å². The lowest BCUT2D eigenvalue weighted by Gasteiger charge is -2.35. The van der Waals surface area contributed by atoms with Crippen LogP contribution >= 0.6 is 23.2 Å². The predicted octanol–water partition coefficient (Wildman–Crippen LogP) is 3.33. The van der Waals surface area contributed by atoms with Crippen LogP contribution in [0, 0.1) is 0 Å². The number of halogens is 2. The first-order valence-corrected chi connectivity index (χ1v) is 10.1. The number of hydrogen-bond donors (Lipinski definition) is 1. The van der Waals surface area contributed by atoms with Gasteiger partial charge < -0.3 is 15.0 Å². The van der Waals surface area contributed by atoms with Gasteiger partial charge in [-0.3, -0.25) is 14.5 Å². The lowest BCUT2D eigenvalue weighted by molar-refractivity contribution is -0.144. The number of carbonyl (C=O) groups is 2. The smallest absolute Gasteiger partial charge is 0.320 e. The number of carbonyl (C=O) groups excluding carboxylic acids is 2. The Labute approximate surface area is 179 Å². The first-order chi connectivity index (χ1) is 14.0. The number of benzene rings is 1. The van der Waals surface area contributed by atoms with Crippen molar-refractivity contribution in [3.63, 3.8) is 0 Å². The van der Waals surface area contributed by atoms with Crippen LogP contribution in [0.15, 0.2) is 36.5 Å². The highest BCUT2D eigenvalue weighted by Gasteiger charge is 2.23. The Hall–Kier alpha value is -2.35. The highest BCUT2D eigenvalue weighted by atomic mass is 35.5. The Morgan fingerprint density at radius 2 is 1.90 bits per heavy atom. The number of anilines is 2. The zero-order valence-corrected chi connectivity index (χ0v) is 17.5. The molecule has 0 atom stereocenters. The van der Waals surface area contributed by atoms with Crippen LogP contribution in [0.4, 0.5) is 11.5 Å². The maximum Gasteiger partial charge on any atom is 0.320 e. The van der Waals surface area contributed by atoms with Crippen LogP contribution < -0.4 is 10.2 Å². The quantitative estimate of drug-likeness (QED) is 0.699. The largest absolute Gasteiger partial charge is 0.465 e. The van der Waals surface area contributed by atoms with Gasteiger partial charge in [-0.2, -0.15) is 0 Å². The Kier molecular flexibility index (Phi) is 7.30. The molecule has 1 saturated heterocycles. The summed E-state index contributed by atoms with van der Waals surface area (Å²) in [5.41, 5.74) is 0.976. The van der Waals surface area contributed by atoms with Crippen molar-refractivity contribution in [2.45, 2.75) is 6.92 Å². The first-order valence-electron chi connectivity index (χ1n) is 9.31. The van der Waals surface area contributed by atoms with Crippen molar-refractivity contribution in [3.05, 3.63) is 52.1 Å². The lowest BCUT2D eigenvalue weighted by atomic mass is 10.2. The van der Waals surface area contributed by atoms with Gasteiger partial charge in [0.05, 0.1) is 23.9 Å². The number of nitrogens with zero attached hydrogens (tertiary/aromatic N) is 3. The Bertz CT molecular complexity index is 886. The van der Waals surface area contributed by atoms with Gasteiger partial charge in [0.25, 0.3) is 5.91 Å². The van der Waals surface area contributed by atoms with Gasteiger partial charge in [-0.15, -0.1) is 0 Å². The molecule has 1 aliphatic rings. The number of nitrogens with one attached hydrogen (secondary N) is 1. The molecule has 0 radical (unpaired) electrons. The van der Waals surface area contributed by atoms with E-state index in [1.54, 1.807) is 43.5 Å². The molecular weight excluding hydrogens is 415 g/mol. The zero-order chi connectivity index (χ0) is 20.8. The average molecular weight is 437 g/mol. The third-order valence-electron chi connectivity index (χ3n) is 4.50. The molecular formula is C20H22Cl2N4O3. The van der Waals surface area contributed by atoms with Crippen LogP contribution in [-0.4, -0.2) is 61.1 Å². The second-order valence-electron chi connectivity index (χ2n) is 6.56. The number of ether oxygens (including phenoxy) is 1. The molecule has 3 rings (SSSR count). The van der Waals surface area contributed by atoms with Crippen molar-refractivity contribution in [3.8, 4) is 0 Å². The molecule has 9 heteroatoms. The number of esters is 1. The maximum absolute atomic E-state index is 12.6. The van der Waals surface area contributed by atoms with Crippen molar-refractivity contribution < 1.29 is 14.3 Å². The van der Waals surface area contributed by atoms with Gasteiger partial charge >= 0.3 is 5.97 Å². The summed E-state index contributed by atoms with van der Waals surface area (Å²) in [5, 5.41) is 3.79. The summed E-state index contributed by atoms with van der Waals surface area (Å²) < 4.78 is 5.00. The fraction of sp³-hybridized carbons (Fsp3) is 0.350. The second-order valence-corrected chi connectivity index (χ2v) is 7.43. The molecule has 29 heavy (non-hydrogen) atoms. The van der Waals surface area contributed by atoms with Gasteiger partial charge in [0.2, 0.25) is 0 Å². The number of hydrogen-bond acceptors (Lipinski definition) is 6. The SMILES string of the molecule is CCOC(=O)CN1CCN(c2ncc(Cl)cc2NC(=O)c2cccc(Cl)c2)CC1. The molecule has 0 spiro atoms. The Morgan fingerprint density at radius 1 is 1.14 bits per heavy atom. The minimum absolute atomic E-state index is 0.222. The van der Waals surface area contributed by atoms with Crippen molar-refractivity contribution in [1.82, 2.24) is 9.88 Å². The summed E-state index contributed by atoms with van der Waals surface area (Å²) in [4.78, 5) is 32.8. The fourth-order valence-corrected chi connectivity index (χ4v) is 3.46. The van der Waals surface area contributed by atoms with Crippen molar-refractivity contribution >= 4 is 46.6 Å². The molecule has 0 saturated carbocycles. The van der Waals surface area contributed by atoms with Gasteiger partial charge in [0.15, 0.2) is 5.82 Å². The van der Waals surface area contributed by atoms with Crippen LogP contribution in [0.5, 0.6) is 0 Å². The molecule has 7 nitrogen and oxygen atoms in total. The summed E-state index contributed by atoms with van der Waals surface area (Å²) in [5.74, 6) is 0.124. The average Bonchev–Trinajstić information content (AvgIpc) is 2.69. The van der Waals surface area contributed by atoms with Crippen molar-refractivity contribution in [2.24, 2.45) is 0 Å². The van der Waals surface area contributed by atoms with E-state index < -0.39 is 0 Å². The van der Waals surface area contributed by atoms with Gasteiger partial charge in [-0.1, -0.05) is 29.3 Å². The number of amides is 1. The van der Waals surface area contributed by atoms with E-state index in [0.29, 0.717) is 59.9 Å². The highest BCUT2D eigenvalue weighted by Crippen LogP contribution is 2.28. The minimum atomic E-state index is -0.293. The molecule has 0 bridgehead atoms. The summed E-state index contributed by atoms with van der Waals surface area (Å²) in [6.45, 7) is 5.14. The van der Waals surface area contributed by atoms with E-state index in [2.05, 4.69) is 15.2 Å².